The van der Waals surface area contributed by atoms with E-state index >= 15 is 0 Å². The van der Waals surface area contributed by atoms with Crippen molar-refractivity contribution < 1.29 is 22.4 Å². The minimum atomic E-state index is -4.48. The summed E-state index contributed by atoms with van der Waals surface area (Å²) < 4.78 is 44.4. The van der Waals surface area contributed by atoms with Gasteiger partial charge in [-0.05, 0) is 67.9 Å². The highest BCUT2D eigenvalue weighted by Crippen LogP contribution is 2.34. The fourth-order valence-corrected chi connectivity index (χ4v) is 4.50. The Balaban J connectivity index is 0.00000274. The number of carbonyl (C=O) groups is 1. The maximum absolute atomic E-state index is 13.0. The van der Waals surface area contributed by atoms with Gasteiger partial charge in [0.05, 0.1) is 11.8 Å². The number of halogens is 4. The molecule has 3 aromatic heterocycles. The van der Waals surface area contributed by atoms with E-state index in [2.05, 4.69) is 14.9 Å². The Bertz CT molecular complexity index is 1130. The Kier molecular flexibility index (Phi) is 7.02. The molecule has 4 heterocycles. The molecule has 2 aliphatic rings. The number of nitrogens with zero attached hydrogens (tertiary/aromatic N) is 4. The smallest absolute Gasteiger partial charge is 0.433 e. The van der Waals surface area contributed by atoms with Crippen LogP contribution < -0.4 is 4.90 Å². The maximum Gasteiger partial charge on any atom is 0.433 e. The molecule has 0 spiro atoms. The van der Waals surface area contributed by atoms with Gasteiger partial charge in [-0.3, -0.25) is 4.79 Å². The number of rotatable bonds is 6. The van der Waals surface area contributed by atoms with Gasteiger partial charge >= 0.3 is 6.18 Å². The Morgan fingerprint density at radius 3 is 2.38 bits per heavy atom. The number of carbonyl (C=O) groups excluding carboxylic acids is 1. The summed E-state index contributed by atoms with van der Waals surface area (Å²) in [5.74, 6) is 1.91. The molecule has 1 amide bonds. The number of hydrogen-bond donors (Lipinski definition) is 0. The largest absolute Gasteiger partial charge is 0.459 e. The van der Waals surface area contributed by atoms with Gasteiger partial charge in [0.25, 0.3) is 5.91 Å². The van der Waals surface area contributed by atoms with Crippen LogP contribution in [0, 0.1) is 11.8 Å². The molecular weight excluding hydrogens is 469 g/mol. The highest BCUT2D eigenvalue weighted by Gasteiger charge is 2.33. The second kappa shape index (κ2) is 9.82. The third-order valence-electron chi connectivity index (χ3n) is 6.47. The van der Waals surface area contributed by atoms with Crippen molar-refractivity contribution in [2.24, 2.45) is 11.8 Å². The van der Waals surface area contributed by atoms with E-state index in [9.17, 15) is 18.0 Å². The zero-order chi connectivity index (χ0) is 23.0. The van der Waals surface area contributed by atoms with Crippen LogP contribution in [0.3, 0.4) is 0 Å². The third-order valence-corrected chi connectivity index (χ3v) is 6.47. The van der Waals surface area contributed by atoms with Crippen molar-refractivity contribution in [2.45, 2.75) is 31.9 Å². The minimum absolute atomic E-state index is 0. The molecule has 10 heteroatoms. The summed E-state index contributed by atoms with van der Waals surface area (Å²) >= 11 is 0. The van der Waals surface area contributed by atoms with Gasteiger partial charge in [0, 0.05) is 37.8 Å². The van der Waals surface area contributed by atoms with Crippen LogP contribution in [0.4, 0.5) is 19.0 Å². The van der Waals surface area contributed by atoms with Gasteiger partial charge in [-0.25, -0.2) is 9.97 Å². The van der Waals surface area contributed by atoms with Crippen molar-refractivity contribution in [3.05, 3.63) is 54.2 Å². The first-order valence-corrected chi connectivity index (χ1v) is 11.3. The molecule has 0 atom stereocenters. The number of furan rings is 1. The van der Waals surface area contributed by atoms with E-state index in [1.165, 1.54) is 24.6 Å². The molecular formula is C24H26ClF3N4O2. The van der Waals surface area contributed by atoms with Crippen LogP contribution in [0.15, 0.2) is 47.2 Å². The quantitative estimate of drug-likeness (QED) is 0.457. The van der Waals surface area contributed by atoms with E-state index < -0.39 is 11.9 Å². The van der Waals surface area contributed by atoms with E-state index in [-0.39, 0.29) is 23.8 Å². The monoisotopic (exact) mass is 494 g/mol. The summed E-state index contributed by atoms with van der Waals surface area (Å²) in [5.41, 5.74) is -0.612. The number of aromatic nitrogens is 2. The number of piperidine rings is 1. The fraction of sp³-hybridized carbons (Fsp3) is 0.458. The summed E-state index contributed by atoms with van der Waals surface area (Å²) in [6, 6.07) is 7.41. The number of amides is 1. The van der Waals surface area contributed by atoms with Gasteiger partial charge in [-0.1, -0.05) is 0 Å². The second-order valence-corrected chi connectivity index (χ2v) is 8.96. The first kappa shape index (κ1) is 24.3. The molecule has 0 N–H and O–H groups in total. The van der Waals surface area contributed by atoms with Crippen molar-refractivity contribution in [3.63, 3.8) is 0 Å². The second-order valence-electron chi connectivity index (χ2n) is 8.96. The number of alkyl halides is 3. The molecule has 6 nitrogen and oxygen atoms in total. The molecule has 1 aliphatic carbocycles. The molecule has 1 aliphatic heterocycles. The zero-order valence-electron chi connectivity index (χ0n) is 18.5. The van der Waals surface area contributed by atoms with Gasteiger partial charge in [-0.2, -0.15) is 13.2 Å². The third kappa shape index (κ3) is 5.29. The predicted octanol–water partition coefficient (Wildman–Crippen LogP) is 5.43. The van der Waals surface area contributed by atoms with Crippen LogP contribution in [0.1, 0.15) is 41.9 Å². The summed E-state index contributed by atoms with van der Waals surface area (Å²) in [6.45, 7) is 2.90. The molecule has 0 radical (unpaired) electrons. The topological polar surface area (TPSA) is 62.5 Å². The fourth-order valence-electron chi connectivity index (χ4n) is 4.50. The normalized spacial score (nSPS) is 17.0. The summed E-state index contributed by atoms with van der Waals surface area (Å²) in [4.78, 5) is 25.2. The molecule has 2 fully saturated rings. The van der Waals surface area contributed by atoms with Crippen LogP contribution >= 0.6 is 12.4 Å². The lowest BCUT2D eigenvalue weighted by Crippen LogP contribution is -2.42. The number of pyridine rings is 2. The molecule has 0 aromatic carbocycles. The molecule has 0 unspecified atom stereocenters. The van der Waals surface area contributed by atoms with E-state index in [0.717, 1.165) is 51.4 Å². The number of hydrogen-bond acceptors (Lipinski definition) is 5. The van der Waals surface area contributed by atoms with Crippen molar-refractivity contribution >= 4 is 35.0 Å². The number of fused-ring (bicyclic) bond motifs is 1. The lowest BCUT2D eigenvalue weighted by molar-refractivity contribution is -0.140. The van der Waals surface area contributed by atoms with Gasteiger partial charge in [0.2, 0.25) is 0 Å². The average molecular weight is 495 g/mol. The first-order chi connectivity index (χ1) is 15.9. The minimum Gasteiger partial charge on any atom is -0.459 e. The molecule has 1 saturated carbocycles. The maximum atomic E-state index is 13.0. The van der Waals surface area contributed by atoms with Crippen LogP contribution in [-0.2, 0) is 6.18 Å². The first-order valence-electron chi connectivity index (χ1n) is 11.3. The highest BCUT2D eigenvalue weighted by atomic mass is 35.5. The Morgan fingerprint density at radius 1 is 1.06 bits per heavy atom. The molecule has 34 heavy (non-hydrogen) atoms. The highest BCUT2D eigenvalue weighted by molar-refractivity contribution is 5.91. The van der Waals surface area contributed by atoms with Crippen LogP contribution in [0.2, 0.25) is 0 Å². The number of anilines is 1. The van der Waals surface area contributed by atoms with E-state index in [4.69, 9.17) is 4.42 Å². The van der Waals surface area contributed by atoms with Crippen LogP contribution in [0.25, 0.3) is 10.9 Å². The molecule has 3 aromatic rings. The van der Waals surface area contributed by atoms with Gasteiger partial charge in [0.15, 0.2) is 5.76 Å². The van der Waals surface area contributed by atoms with E-state index in [0.29, 0.717) is 35.3 Å². The van der Waals surface area contributed by atoms with Gasteiger partial charge < -0.3 is 14.2 Å². The van der Waals surface area contributed by atoms with Crippen molar-refractivity contribution in [1.29, 1.82) is 0 Å². The average Bonchev–Trinajstić information content (AvgIpc) is 3.46. The summed E-state index contributed by atoms with van der Waals surface area (Å²) in [5, 5.41) is 0.618. The standard InChI is InChI=1S/C24H25F3N4O2.ClH/c25-24(26,27)21-6-5-18-19(29-21)7-10-28-22(18)30-11-8-17(9-12-30)15-31(14-16-3-4-16)23(32)20-2-1-13-33-20;/h1-2,5-7,10,13,16-17H,3-4,8-9,11-12,14-15H2;1H. The predicted molar refractivity (Wildman–Crippen MR) is 124 cm³/mol. The zero-order valence-corrected chi connectivity index (χ0v) is 19.3. The molecule has 1 saturated heterocycles. The Morgan fingerprint density at radius 2 is 1.76 bits per heavy atom. The molecule has 5 rings (SSSR count). The SMILES string of the molecule is Cl.O=C(c1ccco1)N(CC1CC1)CC1CCN(c2nccc3nc(C(F)(F)F)ccc23)CC1. The lowest BCUT2D eigenvalue weighted by Gasteiger charge is -2.35. The summed E-state index contributed by atoms with van der Waals surface area (Å²) in [7, 11) is 0. The van der Waals surface area contributed by atoms with Crippen molar-refractivity contribution in [3.8, 4) is 0 Å². The van der Waals surface area contributed by atoms with Gasteiger partial charge in [0.1, 0.15) is 11.5 Å². The Labute approximate surface area is 201 Å². The van der Waals surface area contributed by atoms with Crippen LogP contribution in [0.5, 0.6) is 0 Å². The molecule has 0 bridgehead atoms. The van der Waals surface area contributed by atoms with E-state index in [1.54, 1.807) is 12.1 Å². The van der Waals surface area contributed by atoms with Gasteiger partial charge in [-0.15, -0.1) is 12.4 Å². The van der Waals surface area contributed by atoms with Crippen molar-refractivity contribution in [2.75, 3.05) is 31.1 Å². The van der Waals surface area contributed by atoms with E-state index in [1.807, 2.05) is 4.90 Å². The Hall–Kier alpha value is -2.81. The van der Waals surface area contributed by atoms with Crippen LogP contribution in [-0.4, -0.2) is 47.0 Å². The molecule has 182 valence electrons. The lowest BCUT2D eigenvalue weighted by atomic mass is 9.95. The van der Waals surface area contributed by atoms with Crippen molar-refractivity contribution in [1.82, 2.24) is 14.9 Å². The summed E-state index contributed by atoms with van der Waals surface area (Å²) in [6.07, 6.45) is 2.63.